The fourth-order valence-corrected chi connectivity index (χ4v) is 4.20. The summed E-state index contributed by atoms with van der Waals surface area (Å²) < 4.78 is 1.86. The summed E-state index contributed by atoms with van der Waals surface area (Å²) in [6, 6.07) is 19.7. The molecule has 2 heterocycles. The predicted molar refractivity (Wildman–Crippen MR) is 113 cm³/mol. The first-order chi connectivity index (χ1) is 14.2. The van der Waals surface area contributed by atoms with E-state index in [1.165, 1.54) is 0 Å². The van der Waals surface area contributed by atoms with Gasteiger partial charge in [0.1, 0.15) is 0 Å². The minimum Gasteiger partial charge on any atom is -0.388 e. The van der Waals surface area contributed by atoms with Crippen molar-refractivity contribution in [2.75, 3.05) is 13.1 Å². The molecule has 1 atom stereocenters. The number of para-hydroxylation sites is 1. The Hall–Kier alpha value is -2.92. The van der Waals surface area contributed by atoms with Crippen LogP contribution in [-0.2, 0) is 6.42 Å². The van der Waals surface area contributed by atoms with Gasteiger partial charge >= 0.3 is 0 Å². The van der Waals surface area contributed by atoms with Gasteiger partial charge in [-0.05, 0) is 42.9 Å². The van der Waals surface area contributed by atoms with Crippen molar-refractivity contribution in [3.05, 3.63) is 83.7 Å². The van der Waals surface area contributed by atoms with Crippen molar-refractivity contribution < 1.29 is 9.90 Å². The molecule has 2 aromatic carbocycles. The minimum absolute atomic E-state index is 0.0386. The van der Waals surface area contributed by atoms with E-state index in [4.69, 9.17) is 0 Å². The van der Waals surface area contributed by atoms with Gasteiger partial charge in [0.05, 0.1) is 29.2 Å². The van der Waals surface area contributed by atoms with E-state index in [9.17, 15) is 9.90 Å². The fraction of sp³-hybridized carbons (Fsp3) is 0.333. The van der Waals surface area contributed by atoms with Crippen molar-refractivity contribution >= 4 is 5.91 Å². The first-order valence-electron chi connectivity index (χ1n) is 10.3. The van der Waals surface area contributed by atoms with Crippen LogP contribution in [0.2, 0.25) is 0 Å². The largest absolute Gasteiger partial charge is 0.388 e. The Morgan fingerprint density at radius 2 is 1.69 bits per heavy atom. The number of likely N-dealkylation sites (tertiary alicyclic amines) is 1. The smallest absolute Gasteiger partial charge is 0.257 e. The molecule has 1 aliphatic rings. The van der Waals surface area contributed by atoms with E-state index in [-0.39, 0.29) is 11.8 Å². The molecule has 1 saturated heterocycles. The van der Waals surface area contributed by atoms with Crippen LogP contribution in [0.15, 0.2) is 66.9 Å². The maximum Gasteiger partial charge on any atom is 0.257 e. The van der Waals surface area contributed by atoms with Crippen molar-refractivity contribution in [1.29, 1.82) is 0 Å². The zero-order chi connectivity index (χ0) is 20.2. The molecule has 1 unspecified atom stereocenters. The number of carbonyl (C=O) groups is 1. The molecule has 0 bridgehead atoms. The van der Waals surface area contributed by atoms with Crippen molar-refractivity contribution in [1.82, 2.24) is 14.7 Å². The molecule has 0 saturated carbocycles. The molecule has 1 amide bonds. The van der Waals surface area contributed by atoms with Gasteiger partial charge in [0.2, 0.25) is 0 Å². The number of benzene rings is 2. The molecule has 150 valence electrons. The van der Waals surface area contributed by atoms with Crippen LogP contribution in [0.1, 0.15) is 47.5 Å². The molecule has 1 aliphatic heterocycles. The highest BCUT2D eigenvalue weighted by Gasteiger charge is 2.30. The molecule has 5 nitrogen and oxygen atoms in total. The van der Waals surface area contributed by atoms with Crippen LogP contribution in [0.3, 0.4) is 0 Å². The summed E-state index contributed by atoms with van der Waals surface area (Å²) >= 11 is 0. The Labute approximate surface area is 171 Å². The topological polar surface area (TPSA) is 58.4 Å². The molecule has 1 aromatic heterocycles. The van der Waals surface area contributed by atoms with E-state index < -0.39 is 6.10 Å². The summed E-state index contributed by atoms with van der Waals surface area (Å²) in [4.78, 5) is 15.1. The fourth-order valence-electron chi connectivity index (χ4n) is 4.20. The number of hydrogen-bond donors (Lipinski definition) is 1. The maximum atomic E-state index is 13.2. The van der Waals surface area contributed by atoms with Crippen LogP contribution >= 0.6 is 0 Å². The van der Waals surface area contributed by atoms with E-state index in [0.29, 0.717) is 18.7 Å². The van der Waals surface area contributed by atoms with Gasteiger partial charge in [0.15, 0.2) is 0 Å². The number of aliphatic hydroxyl groups excluding tert-OH is 1. The molecule has 3 aromatic rings. The van der Waals surface area contributed by atoms with Gasteiger partial charge in [-0.25, -0.2) is 4.68 Å². The normalized spacial score (nSPS) is 16.0. The maximum absolute atomic E-state index is 13.2. The molecule has 0 aliphatic carbocycles. The van der Waals surface area contributed by atoms with Crippen molar-refractivity contribution in [3.63, 3.8) is 0 Å². The van der Waals surface area contributed by atoms with Crippen LogP contribution in [0.25, 0.3) is 5.69 Å². The quantitative estimate of drug-likeness (QED) is 0.717. The SMILES string of the molecule is CCc1c(C(=O)N2CCC(C(O)c3ccccc3)CC2)cnn1-c1ccccc1. The third-order valence-electron chi connectivity index (χ3n) is 5.85. The Morgan fingerprint density at radius 1 is 1.07 bits per heavy atom. The van der Waals surface area contributed by atoms with Gasteiger partial charge < -0.3 is 10.0 Å². The molecule has 5 heteroatoms. The summed E-state index contributed by atoms with van der Waals surface area (Å²) in [6.45, 7) is 3.37. The zero-order valence-electron chi connectivity index (χ0n) is 16.7. The van der Waals surface area contributed by atoms with Gasteiger partial charge in [-0.1, -0.05) is 55.5 Å². The second kappa shape index (κ2) is 8.62. The zero-order valence-corrected chi connectivity index (χ0v) is 16.7. The lowest BCUT2D eigenvalue weighted by Crippen LogP contribution is -2.40. The van der Waals surface area contributed by atoms with Crippen LogP contribution in [0.4, 0.5) is 0 Å². The summed E-state index contributed by atoms with van der Waals surface area (Å²) in [5.74, 6) is 0.218. The van der Waals surface area contributed by atoms with Crippen LogP contribution in [-0.4, -0.2) is 38.8 Å². The third-order valence-corrected chi connectivity index (χ3v) is 5.85. The van der Waals surface area contributed by atoms with Crippen molar-refractivity contribution in [3.8, 4) is 5.69 Å². The minimum atomic E-state index is -0.472. The van der Waals surface area contributed by atoms with E-state index in [1.807, 2.05) is 70.2 Å². The first-order valence-corrected chi connectivity index (χ1v) is 10.3. The number of hydrogen-bond acceptors (Lipinski definition) is 3. The highest BCUT2D eigenvalue weighted by Crippen LogP contribution is 2.31. The number of rotatable bonds is 5. The summed E-state index contributed by atoms with van der Waals surface area (Å²) in [6.07, 6.45) is 3.56. The summed E-state index contributed by atoms with van der Waals surface area (Å²) in [5.41, 5.74) is 3.54. The average Bonchev–Trinajstić information content (AvgIpc) is 3.23. The van der Waals surface area contributed by atoms with Gasteiger partial charge in [-0.3, -0.25) is 4.79 Å². The number of carbonyl (C=O) groups excluding carboxylic acids is 1. The molecule has 1 N–H and O–H groups in total. The van der Waals surface area contributed by atoms with Gasteiger partial charge in [0.25, 0.3) is 5.91 Å². The van der Waals surface area contributed by atoms with Crippen LogP contribution in [0, 0.1) is 5.92 Å². The van der Waals surface area contributed by atoms with Crippen LogP contribution < -0.4 is 0 Å². The van der Waals surface area contributed by atoms with Gasteiger partial charge in [-0.15, -0.1) is 0 Å². The molecule has 1 fully saturated rings. The van der Waals surface area contributed by atoms with Crippen LogP contribution in [0.5, 0.6) is 0 Å². The number of piperidine rings is 1. The predicted octanol–water partition coefficient (Wildman–Crippen LogP) is 4.02. The molecular weight excluding hydrogens is 362 g/mol. The van der Waals surface area contributed by atoms with E-state index >= 15 is 0 Å². The van der Waals surface area contributed by atoms with Crippen molar-refractivity contribution in [2.24, 2.45) is 5.92 Å². The van der Waals surface area contributed by atoms with E-state index in [1.54, 1.807) is 6.20 Å². The second-order valence-electron chi connectivity index (χ2n) is 7.59. The lowest BCUT2D eigenvalue weighted by Gasteiger charge is -2.34. The van der Waals surface area contributed by atoms with Gasteiger partial charge in [-0.2, -0.15) is 5.10 Å². The Bertz CT molecular complexity index is 945. The molecule has 0 radical (unpaired) electrons. The summed E-state index contributed by atoms with van der Waals surface area (Å²) in [5, 5.41) is 15.2. The third kappa shape index (κ3) is 3.96. The average molecular weight is 389 g/mol. The van der Waals surface area contributed by atoms with Crippen molar-refractivity contribution in [2.45, 2.75) is 32.3 Å². The lowest BCUT2D eigenvalue weighted by molar-refractivity contribution is 0.0461. The van der Waals surface area contributed by atoms with Gasteiger partial charge in [0, 0.05) is 13.1 Å². The number of aromatic nitrogens is 2. The Morgan fingerprint density at radius 3 is 2.31 bits per heavy atom. The van der Waals surface area contributed by atoms with E-state index in [0.717, 1.165) is 36.2 Å². The Balaban J connectivity index is 1.46. The molecule has 0 spiro atoms. The van der Waals surface area contributed by atoms with E-state index in [2.05, 4.69) is 12.0 Å². The monoisotopic (exact) mass is 389 g/mol. The number of amides is 1. The lowest BCUT2D eigenvalue weighted by atomic mass is 9.87. The highest BCUT2D eigenvalue weighted by molar-refractivity contribution is 5.95. The number of nitrogens with zero attached hydrogens (tertiary/aromatic N) is 3. The Kier molecular flexibility index (Phi) is 5.76. The first kappa shape index (κ1) is 19.4. The number of aliphatic hydroxyl groups is 1. The standard InChI is InChI=1S/C24H27N3O2/c1-2-22-21(17-25-27(22)20-11-7-4-8-12-20)24(29)26-15-13-19(14-16-26)23(28)18-9-5-3-6-10-18/h3-12,17,19,23,28H,2,13-16H2,1H3. The second-order valence-corrected chi connectivity index (χ2v) is 7.59. The molecule has 4 rings (SSSR count). The highest BCUT2D eigenvalue weighted by atomic mass is 16.3. The summed E-state index contributed by atoms with van der Waals surface area (Å²) in [7, 11) is 0. The molecule has 29 heavy (non-hydrogen) atoms. The molecular formula is C24H27N3O2.